The fourth-order valence-corrected chi connectivity index (χ4v) is 2.38. The van der Waals surface area contributed by atoms with Crippen molar-refractivity contribution >= 4 is 11.9 Å². The number of ether oxygens (including phenoxy) is 1. The van der Waals surface area contributed by atoms with Crippen LogP contribution in [0.1, 0.15) is 21.7 Å². The van der Waals surface area contributed by atoms with Crippen molar-refractivity contribution in [3.8, 4) is 5.69 Å². The van der Waals surface area contributed by atoms with Gasteiger partial charge in [-0.05, 0) is 38.1 Å². The van der Waals surface area contributed by atoms with Crippen LogP contribution < -0.4 is 5.32 Å². The molecule has 0 aliphatic rings. The van der Waals surface area contributed by atoms with E-state index in [1.807, 2.05) is 0 Å². The lowest BCUT2D eigenvalue weighted by Gasteiger charge is -2.13. The van der Waals surface area contributed by atoms with Gasteiger partial charge in [0.1, 0.15) is 5.82 Å². The topological polar surface area (TPSA) is 93.5 Å². The molecule has 1 atom stereocenters. The minimum Gasteiger partial charge on any atom is -0.480 e. The number of methoxy groups -OCH3 is 1. The number of aliphatic carboxylic acids is 1. The molecule has 1 unspecified atom stereocenters. The quantitative estimate of drug-likeness (QED) is 0.833. The molecule has 0 saturated carbocycles. The van der Waals surface area contributed by atoms with E-state index < -0.39 is 17.9 Å². The monoisotopic (exact) mass is 335 g/mol. The van der Waals surface area contributed by atoms with Crippen molar-refractivity contribution in [2.45, 2.75) is 19.9 Å². The minimum atomic E-state index is -1.19. The summed E-state index contributed by atoms with van der Waals surface area (Å²) in [6.45, 7) is 3.18. The van der Waals surface area contributed by atoms with Gasteiger partial charge in [-0.15, -0.1) is 0 Å². The van der Waals surface area contributed by atoms with Gasteiger partial charge in [0, 0.05) is 7.11 Å². The Bertz CT molecular complexity index is 755. The van der Waals surface area contributed by atoms with Crippen LogP contribution in [-0.4, -0.2) is 46.5 Å². The first-order chi connectivity index (χ1) is 11.3. The Hall–Kier alpha value is -2.74. The molecule has 128 valence electrons. The van der Waals surface area contributed by atoms with Crippen molar-refractivity contribution in [1.29, 1.82) is 0 Å². The van der Waals surface area contributed by atoms with E-state index in [4.69, 9.17) is 9.84 Å². The molecule has 24 heavy (non-hydrogen) atoms. The first kappa shape index (κ1) is 17.6. The van der Waals surface area contributed by atoms with Crippen LogP contribution in [0.3, 0.4) is 0 Å². The molecule has 0 spiro atoms. The lowest BCUT2D eigenvalue weighted by molar-refractivity contribution is -0.140. The van der Waals surface area contributed by atoms with Crippen LogP contribution in [-0.2, 0) is 9.53 Å². The Kier molecular flexibility index (Phi) is 5.30. The van der Waals surface area contributed by atoms with E-state index in [1.165, 1.54) is 23.9 Å². The van der Waals surface area contributed by atoms with Gasteiger partial charge in [0.05, 0.1) is 29.2 Å². The van der Waals surface area contributed by atoms with Crippen LogP contribution in [0.4, 0.5) is 4.39 Å². The fraction of sp³-hybridized carbons (Fsp3) is 0.312. The van der Waals surface area contributed by atoms with E-state index in [0.717, 1.165) is 0 Å². The van der Waals surface area contributed by atoms with Crippen LogP contribution in [0.25, 0.3) is 5.69 Å². The Labute approximate surface area is 138 Å². The molecule has 1 amide bonds. The molecular formula is C16H18FN3O4. The van der Waals surface area contributed by atoms with Gasteiger partial charge in [-0.25, -0.2) is 13.9 Å². The van der Waals surface area contributed by atoms with Crippen molar-refractivity contribution in [2.24, 2.45) is 0 Å². The summed E-state index contributed by atoms with van der Waals surface area (Å²) in [5.41, 5.74) is 1.85. The van der Waals surface area contributed by atoms with Gasteiger partial charge in [-0.1, -0.05) is 0 Å². The van der Waals surface area contributed by atoms with Crippen LogP contribution in [0.15, 0.2) is 24.3 Å². The van der Waals surface area contributed by atoms with E-state index >= 15 is 0 Å². The molecule has 0 radical (unpaired) electrons. The van der Waals surface area contributed by atoms with E-state index in [1.54, 1.807) is 26.0 Å². The number of carboxylic acids is 1. The van der Waals surface area contributed by atoms with E-state index in [-0.39, 0.29) is 18.0 Å². The highest BCUT2D eigenvalue weighted by Crippen LogP contribution is 2.18. The molecule has 1 heterocycles. The van der Waals surface area contributed by atoms with Crippen molar-refractivity contribution in [3.63, 3.8) is 0 Å². The molecule has 1 aromatic heterocycles. The zero-order valence-electron chi connectivity index (χ0n) is 13.5. The number of carboxylic acid groups (broad SMARTS) is 1. The summed E-state index contributed by atoms with van der Waals surface area (Å²) in [6, 6.07) is 4.52. The molecule has 2 N–H and O–H groups in total. The maximum absolute atomic E-state index is 13.0. The lowest BCUT2D eigenvalue weighted by Crippen LogP contribution is -2.44. The average molecular weight is 335 g/mol. The maximum Gasteiger partial charge on any atom is 0.328 e. The first-order valence-electron chi connectivity index (χ1n) is 7.20. The zero-order chi connectivity index (χ0) is 17.9. The molecule has 7 nitrogen and oxygen atoms in total. The van der Waals surface area contributed by atoms with Gasteiger partial charge in [0.25, 0.3) is 5.91 Å². The van der Waals surface area contributed by atoms with E-state index in [2.05, 4.69) is 10.4 Å². The SMILES string of the molecule is COCC(NC(=O)c1c(C)nn(-c2ccc(F)cc2)c1C)C(=O)O. The number of nitrogens with one attached hydrogen (secondary N) is 1. The average Bonchev–Trinajstić information content (AvgIpc) is 2.82. The van der Waals surface area contributed by atoms with Crippen LogP contribution in [0.2, 0.25) is 0 Å². The second kappa shape index (κ2) is 7.22. The first-order valence-corrected chi connectivity index (χ1v) is 7.20. The number of rotatable bonds is 6. The molecule has 0 bridgehead atoms. The third kappa shape index (κ3) is 3.60. The van der Waals surface area contributed by atoms with Crippen molar-refractivity contribution in [1.82, 2.24) is 15.1 Å². The zero-order valence-corrected chi connectivity index (χ0v) is 13.5. The second-order valence-corrected chi connectivity index (χ2v) is 5.25. The summed E-state index contributed by atoms with van der Waals surface area (Å²) >= 11 is 0. The number of halogens is 1. The number of hydrogen-bond acceptors (Lipinski definition) is 4. The Morgan fingerprint density at radius 3 is 2.50 bits per heavy atom. The van der Waals surface area contributed by atoms with E-state index in [9.17, 15) is 14.0 Å². The number of aryl methyl sites for hydroxylation is 1. The van der Waals surface area contributed by atoms with Crippen LogP contribution in [0, 0.1) is 19.7 Å². The highest BCUT2D eigenvalue weighted by molar-refractivity contribution is 5.98. The van der Waals surface area contributed by atoms with Gasteiger partial charge in [-0.3, -0.25) is 4.79 Å². The summed E-state index contributed by atoms with van der Waals surface area (Å²) < 4.78 is 19.4. The molecular weight excluding hydrogens is 317 g/mol. The number of carbonyl (C=O) groups is 2. The maximum atomic E-state index is 13.0. The Balaban J connectivity index is 2.32. The lowest BCUT2D eigenvalue weighted by atomic mass is 10.1. The molecule has 2 rings (SSSR count). The number of benzene rings is 1. The smallest absolute Gasteiger partial charge is 0.328 e. The van der Waals surface area contributed by atoms with Crippen molar-refractivity contribution in [2.75, 3.05) is 13.7 Å². The van der Waals surface area contributed by atoms with Gasteiger partial charge < -0.3 is 15.2 Å². The highest BCUT2D eigenvalue weighted by atomic mass is 19.1. The molecule has 8 heteroatoms. The Morgan fingerprint density at radius 1 is 1.33 bits per heavy atom. The number of aromatic nitrogens is 2. The molecule has 1 aromatic carbocycles. The molecule has 0 aliphatic carbocycles. The molecule has 0 aliphatic heterocycles. The Morgan fingerprint density at radius 2 is 1.96 bits per heavy atom. The van der Waals surface area contributed by atoms with E-state index in [0.29, 0.717) is 17.1 Å². The van der Waals surface area contributed by atoms with Gasteiger partial charge in [-0.2, -0.15) is 5.10 Å². The fourth-order valence-electron chi connectivity index (χ4n) is 2.38. The highest BCUT2D eigenvalue weighted by Gasteiger charge is 2.25. The van der Waals surface area contributed by atoms with Gasteiger partial charge in [0.15, 0.2) is 6.04 Å². The van der Waals surface area contributed by atoms with Crippen LogP contribution >= 0.6 is 0 Å². The number of nitrogens with zero attached hydrogens (tertiary/aromatic N) is 2. The predicted molar refractivity (Wildman–Crippen MR) is 83.8 cm³/mol. The summed E-state index contributed by atoms with van der Waals surface area (Å²) in [6.07, 6.45) is 0. The normalized spacial score (nSPS) is 12.0. The second-order valence-electron chi connectivity index (χ2n) is 5.25. The number of hydrogen-bond donors (Lipinski definition) is 2. The third-order valence-corrected chi connectivity index (χ3v) is 3.53. The standard InChI is InChI=1S/C16H18FN3O4/c1-9-14(15(21)18-13(8-24-3)16(22)23)10(2)20(19-9)12-6-4-11(17)5-7-12/h4-7,13H,8H2,1-3H3,(H,18,21)(H,22,23). The van der Waals surface area contributed by atoms with Crippen LogP contribution in [0.5, 0.6) is 0 Å². The van der Waals surface area contributed by atoms with Gasteiger partial charge in [0.2, 0.25) is 0 Å². The summed E-state index contributed by atoms with van der Waals surface area (Å²) in [5, 5.41) is 15.8. The van der Waals surface area contributed by atoms with Gasteiger partial charge >= 0.3 is 5.97 Å². The summed E-state index contributed by atoms with van der Waals surface area (Å²) in [7, 11) is 1.35. The summed E-state index contributed by atoms with van der Waals surface area (Å²) in [4.78, 5) is 23.6. The van der Waals surface area contributed by atoms with Crippen molar-refractivity contribution in [3.05, 3.63) is 47.0 Å². The number of carbonyl (C=O) groups excluding carboxylic acids is 1. The minimum absolute atomic E-state index is 0.148. The number of amides is 1. The van der Waals surface area contributed by atoms with Crippen molar-refractivity contribution < 1.29 is 23.8 Å². The predicted octanol–water partition coefficient (Wildman–Crippen LogP) is 1.46. The third-order valence-electron chi connectivity index (χ3n) is 3.53. The molecule has 0 saturated heterocycles. The summed E-state index contributed by atoms with van der Waals surface area (Å²) in [5.74, 6) is -2.11. The molecule has 0 fully saturated rings. The molecule has 2 aromatic rings. The largest absolute Gasteiger partial charge is 0.480 e.